The van der Waals surface area contributed by atoms with Crippen LogP contribution in [0.5, 0.6) is 6.01 Å². The van der Waals surface area contributed by atoms with Gasteiger partial charge in [-0.25, -0.2) is 0 Å². The second-order valence-electron chi connectivity index (χ2n) is 3.27. The standard InChI is InChI=1S/C8H10N4O3/c1-2-6-5(9)3-11-4-7(12(13)14)10-8(11)15-6/h2,4-6H,1,3,9H2/t5-,6-/m0/s1. The first kappa shape index (κ1) is 9.66. The van der Waals surface area contributed by atoms with E-state index >= 15 is 0 Å². The average Bonchev–Trinajstić information content (AvgIpc) is 2.59. The van der Waals surface area contributed by atoms with Crippen LogP contribution in [-0.2, 0) is 6.54 Å². The van der Waals surface area contributed by atoms with Crippen molar-refractivity contribution in [1.29, 1.82) is 0 Å². The summed E-state index contributed by atoms with van der Waals surface area (Å²) in [7, 11) is 0. The number of ether oxygens (including phenoxy) is 1. The van der Waals surface area contributed by atoms with Crippen LogP contribution in [0.2, 0.25) is 0 Å². The zero-order valence-corrected chi connectivity index (χ0v) is 7.87. The normalized spacial score (nSPS) is 24.1. The Labute approximate surface area is 85.3 Å². The number of aromatic nitrogens is 2. The molecule has 1 aromatic rings. The maximum Gasteiger partial charge on any atom is 0.414 e. The van der Waals surface area contributed by atoms with Gasteiger partial charge < -0.3 is 20.6 Å². The molecular weight excluding hydrogens is 200 g/mol. The Kier molecular flexibility index (Phi) is 2.16. The Morgan fingerprint density at radius 3 is 3.20 bits per heavy atom. The molecule has 1 aliphatic rings. The van der Waals surface area contributed by atoms with Crippen molar-refractivity contribution in [2.75, 3.05) is 0 Å². The number of hydrogen-bond donors (Lipinski definition) is 1. The maximum atomic E-state index is 10.5. The van der Waals surface area contributed by atoms with Crippen molar-refractivity contribution in [1.82, 2.24) is 9.55 Å². The van der Waals surface area contributed by atoms with Crippen LogP contribution >= 0.6 is 0 Å². The van der Waals surface area contributed by atoms with E-state index in [-0.39, 0.29) is 24.0 Å². The van der Waals surface area contributed by atoms with Gasteiger partial charge in [0.2, 0.25) is 0 Å². The summed E-state index contributed by atoms with van der Waals surface area (Å²) >= 11 is 0. The van der Waals surface area contributed by atoms with Crippen LogP contribution in [0.15, 0.2) is 18.9 Å². The highest BCUT2D eigenvalue weighted by molar-refractivity contribution is 5.22. The van der Waals surface area contributed by atoms with Gasteiger partial charge in [-0.15, -0.1) is 0 Å². The van der Waals surface area contributed by atoms with Crippen molar-refractivity contribution in [2.45, 2.75) is 18.7 Å². The Balaban J connectivity index is 2.33. The van der Waals surface area contributed by atoms with Crippen molar-refractivity contribution in [3.63, 3.8) is 0 Å². The highest BCUT2D eigenvalue weighted by Gasteiger charge is 2.31. The zero-order valence-electron chi connectivity index (χ0n) is 7.87. The monoisotopic (exact) mass is 210 g/mol. The van der Waals surface area contributed by atoms with Crippen molar-refractivity contribution in [3.05, 3.63) is 29.0 Å². The van der Waals surface area contributed by atoms with Crippen LogP contribution in [0.4, 0.5) is 5.82 Å². The van der Waals surface area contributed by atoms with E-state index in [0.29, 0.717) is 6.54 Å². The molecule has 80 valence electrons. The van der Waals surface area contributed by atoms with Gasteiger partial charge in [-0.2, -0.15) is 0 Å². The number of imidazole rings is 1. The molecule has 0 amide bonds. The SMILES string of the molecule is C=C[C@@H]1Oc2nc([N+](=O)[O-])cn2C[C@@H]1N. The van der Waals surface area contributed by atoms with E-state index in [4.69, 9.17) is 10.5 Å². The molecule has 2 rings (SSSR count). The summed E-state index contributed by atoms with van der Waals surface area (Å²) in [6.45, 7) is 4.01. The second kappa shape index (κ2) is 3.35. The summed E-state index contributed by atoms with van der Waals surface area (Å²) in [5, 5.41) is 10.5. The number of nitrogens with two attached hydrogens (primary N) is 1. The van der Waals surface area contributed by atoms with Gasteiger partial charge in [0.25, 0.3) is 0 Å². The Morgan fingerprint density at radius 1 is 1.87 bits per heavy atom. The average molecular weight is 210 g/mol. The van der Waals surface area contributed by atoms with Gasteiger partial charge in [0.15, 0.2) is 0 Å². The van der Waals surface area contributed by atoms with Gasteiger partial charge >= 0.3 is 11.8 Å². The molecule has 0 saturated heterocycles. The third kappa shape index (κ3) is 1.57. The van der Waals surface area contributed by atoms with E-state index in [1.165, 1.54) is 10.8 Å². The summed E-state index contributed by atoms with van der Waals surface area (Å²) < 4.78 is 6.86. The topological polar surface area (TPSA) is 96.2 Å². The Morgan fingerprint density at radius 2 is 2.60 bits per heavy atom. The molecule has 7 nitrogen and oxygen atoms in total. The minimum absolute atomic E-state index is 0.216. The van der Waals surface area contributed by atoms with Gasteiger partial charge in [0, 0.05) is 11.5 Å². The van der Waals surface area contributed by atoms with Crippen molar-refractivity contribution < 1.29 is 9.66 Å². The van der Waals surface area contributed by atoms with Gasteiger partial charge in [-0.1, -0.05) is 6.58 Å². The van der Waals surface area contributed by atoms with E-state index in [0.717, 1.165) is 0 Å². The molecule has 1 aliphatic heterocycles. The van der Waals surface area contributed by atoms with Crippen LogP contribution < -0.4 is 10.5 Å². The lowest BCUT2D eigenvalue weighted by molar-refractivity contribution is -0.389. The molecule has 0 saturated carbocycles. The number of nitrogens with zero attached hydrogens (tertiary/aromatic N) is 3. The van der Waals surface area contributed by atoms with Crippen LogP contribution in [0.3, 0.4) is 0 Å². The minimum atomic E-state index is -0.566. The molecule has 7 heteroatoms. The predicted octanol–water partition coefficient (Wildman–Crippen LogP) is 0.0656. The molecule has 0 unspecified atom stereocenters. The van der Waals surface area contributed by atoms with Gasteiger partial charge in [-0.05, 0) is 11.0 Å². The highest BCUT2D eigenvalue weighted by atomic mass is 16.6. The lowest BCUT2D eigenvalue weighted by Crippen LogP contribution is -2.44. The van der Waals surface area contributed by atoms with Crippen LogP contribution in [-0.4, -0.2) is 26.6 Å². The van der Waals surface area contributed by atoms with Crippen LogP contribution in [0, 0.1) is 10.1 Å². The number of fused-ring (bicyclic) bond motifs is 1. The van der Waals surface area contributed by atoms with E-state index in [1.54, 1.807) is 6.08 Å². The quantitative estimate of drug-likeness (QED) is 0.423. The first-order valence-electron chi connectivity index (χ1n) is 4.38. The maximum absolute atomic E-state index is 10.5. The Bertz CT molecular complexity index is 414. The van der Waals surface area contributed by atoms with Crippen LogP contribution in [0.1, 0.15) is 0 Å². The molecular formula is C8H10N4O3. The molecule has 0 aliphatic carbocycles. The van der Waals surface area contributed by atoms with Gasteiger partial charge in [-0.3, -0.25) is 4.57 Å². The zero-order chi connectivity index (χ0) is 11.0. The number of rotatable bonds is 2. The summed E-state index contributed by atoms with van der Waals surface area (Å²) in [5.41, 5.74) is 5.77. The van der Waals surface area contributed by atoms with Gasteiger partial charge in [0.05, 0.1) is 6.04 Å². The molecule has 0 bridgehead atoms. The minimum Gasteiger partial charge on any atom is -0.437 e. The van der Waals surface area contributed by atoms with E-state index in [2.05, 4.69) is 11.6 Å². The summed E-state index contributed by atoms with van der Waals surface area (Å²) in [5.74, 6) is -0.234. The lowest BCUT2D eigenvalue weighted by atomic mass is 10.1. The molecule has 0 aromatic carbocycles. The molecule has 2 N–H and O–H groups in total. The molecule has 1 aromatic heterocycles. The lowest BCUT2D eigenvalue weighted by Gasteiger charge is -2.25. The molecule has 0 spiro atoms. The predicted molar refractivity (Wildman–Crippen MR) is 51.5 cm³/mol. The third-order valence-corrected chi connectivity index (χ3v) is 2.22. The van der Waals surface area contributed by atoms with E-state index in [9.17, 15) is 10.1 Å². The fraction of sp³-hybridized carbons (Fsp3) is 0.375. The number of hydrogen-bond acceptors (Lipinski definition) is 5. The molecule has 0 fully saturated rings. The Hall–Kier alpha value is -1.89. The van der Waals surface area contributed by atoms with E-state index in [1.807, 2.05) is 0 Å². The fourth-order valence-electron chi connectivity index (χ4n) is 1.46. The summed E-state index contributed by atoms with van der Waals surface area (Å²) in [6, 6.07) is -0.0443. The summed E-state index contributed by atoms with van der Waals surface area (Å²) in [4.78, 5) is 13.6. The van der Waals surface area contributed by atoms with Crippen molar-refractivity contribution >= 4 is 5.82 Å². The fourth-order valence-corrected chi connectivity index (χ4v) is 1.46. The van der Waals surface area contributed by atoms with Crippen molar-refractivity contribution in [3.8, 4) is 6.01 Å². The molecule has 15 heavy (non-hydrogen) atoms. The molecule has 2 heterocycles. The molecule has 0 radical (unpaired) electrons. The summed E-state index contributed by atoms with van der Waals surface area (Å²) in [6.07, 6.45) is 2.53. The second-order valence-corrected chi connectivity index (χ2v) is 3.27. The third-order valence-electron chi connectivity index (χ3n) is 2.22. The van der Waals surface area contributed by atoms with E-state index < -0.39 is 4.92 Å². The first-order valence-corrected chi connectivity index (χ1v) is 4.38. The molecule has 2 atom stereocenters. The highest BCUT2D eigenvalue weighted by Crippen LogP contribution is 2.23. The smallest absolute Gasteiger partial charge is 0.414 e. The van der Waals surface area contributed by atoms with Crippen molar-refractivity contribution in [2.24, 2.45) is 5.73 Å². The van der Waals surface area contributed by atoms with Gasteiger partial charge in [0.1, 0.15) is 12.3 Å². The van der Waals surface area contributed by atoms with Crippen LogP contribution in [0.25, 0.3) is 0 Å². The largest absolute Gasteiger partial charge is 0.437 e. The first-order chi connectivity index (χ1) is 7.11. The number of nitro groups is 1.